The first-order chi connectivity index (χ1) is 25.3. The third kappa shape index (κ3) is 4.82. The van der Waals surface area contributed by atoms with Crippen molar-refractivity contribution in [1.82, 2.24) is 34.5 Å². The minimum atomic E-state index is 0.573. The second kappa shape index (κ2) is 11.8. The summed E-state index contributed by atoms with van der Waals surface area (Å²) in [7, 11) is 0. The molecule has 0 amide bonds. The Labute approximate surface area is 292 Å². The molecule has 0 N–H and O–H groups in total. The first-order valence-electron chi connectivity index (χ1n) is 16.8. The summed E-state index contributed by atoms with van der Waals surface area (Å²) in [5, 5.41) is 5.81. The lowest BCUT2D eigenvalue weighted by Gasteiger charge is -2.13. The summed E-state index contributed by atoms with van der Waals surface area (Å²) in [5.74, 6) is 1.72. The summed E-state index contributed by atoms with van der Waals surface area (Å²) in [6, 6.07) is 48.1. The molecule has 0 aliphatic carbocycles. The van der Waals surface area contributed by atoms with Crippen molar-refractivity contribution in [2.45, 2.75) is 0 Å². The fraction of sp³-hybridized carbons (Fsp3) is 0. The summed E-state index contributed by atoms with van der Waals surface area (Å²) in [4.78, 5) is 28.5. The Balaban J connectivity index is 1.22. The standard InChI is InChI=1S/C44H27N7/c1-2-11-32(12-3-1)51-37-16-7-5-14-34(37)40-38(51)18-17-35-39(40)33-13-4-6-15-36(33)47-41(35)30-9-8-10-31(27-30)44-49-42(28-19-23-45-24-20-28)48-43(50-44)29-21-25-46-26-22-29/h1-27H. The smallest absolute Gasteiger partial charge is 0.164 e. The van der Waals surface area contributed by atoms with E-state index in [9.17, 15) is 0 Å². The number of rotatable bonds is 5. The summed E-state index contributed by atoms with van der Waals surface area (Å²) in [6.45, 7) is 0. The Bertz CT molecular complexity index is 2850. The number of hydrogen-bond acceptors (Lipinski definition) is 6. The molecule has 0 saturated heterocycles. The van der Waals surface area contributed by atoms with Crippen LogP contribution in [0, 0.1) is 0 Å². The van der Waals surface area contributed by atoms with Crippen LogP contribution in [0.15, 0.2) is 164 Å². The lowest BCUT2D eigenvalue weighted by atomic mass is 9.95. The van der Waals surface area contributed by atoms with E-state index in [2.05, 4.69) is 124 Å². The fourth-order valence-corrected chi connectivity index (χ4v) is 7.15. The van der Waals surface area contributed by atoms with E-state index in [0.717, 1.165) is 55.4 Å². The van der Waals surface area contributed by atoms with Crippen molar-refractivity contribution in [2.75, 3.05) is 0 Å². The zero-order valence-corrected chi connectivity index (χ0v) is 27.2. The van der Waals surface area contributed by atoms with Crippen molar-refractivity contribution in [3.8, 4) is 51.1 Å². The maximum Gasteiger partial charge on any atom is 0.164 e. The number of nitrogens with zero attached hydrogens (tertiary/aromatic N) is 7. The van der Waals surface area contributed by atoms with Gasteiger partial charge in [0.15, 0.2) is 17.5 Å². The van der Waals surface area contributed by atoms with Crippen LogP contribution in [0.2, 0.25) is 0 Å². The summed E-state index contributed by atoms with van der Waals surface area (Å²) < 4.78 is 2.36. The molecular formula is C44H27N7. The Hall–Kier alpha value is -7.12. The van der Waals surface area contributed by atoms with Crippen molar-refractivity contribution in [3.05, 3.63) is 164 Å². The maximum absolute atomic E-state index is 5.32. The molecule has 5 aromatic heterocycles. The molecular weight excluding hydrogens is 627 g/mol. The second-order valence-corrected chi connectivity index (χ2v) is 12.4. The van der Waals surface area contributed by atoms with Gasteiger partial charge in [0.25, 0.3) is 0 Å². The monoisotopic (exact) mass is 653 g/mol. The number of para-hydroxylation sites is 3. The van der Waals surface area contributed by atoms with Crippen molar-refractivity contribution in [2.24, 2.45) is 0 Å². The minimum Gasteiger partial charge on any atom is -0.309 e. The zero-order valence-electron chi connectivity index (χ0n) is 27.2. The summed E-state index contributed by atoms with van der Waals surface area (Å²) in [5.41, 5.74) is 8.86. The number of fused-ring (bicyclic) bond motifs is 7. The van der Waals surface area contributed by atoms with Gasteiger partial charge in [-0.2, -0.15) is 0 Å². The van der Waals surface area contributed by atoms with E-state index in [-0.39, 0.29) is 0 Å². The van der Waals surface area contributed by atoms with Crippen LogP contribution in [0.4, 0.5) is 0 Å². The molecule has 0 unspecified atom stereocenters. The second-order valence-electron chi connectivity index (χ2n) is 12.4. The van der Waals surface area contributed by atoms with Gasteiger partial charge >= 0.3 is 0 Å². The maximum atomic E-state index is 5.32. The van der Waals surface area contributed by atoms with Gasteiger partial charge in [0.1, 0.15) is 0 Å². The molecule has 0 saturated carbocycles. The van der Waals surface area contributed by atoms with Crippen LogP contribution in [-0.2, 0) is 0 Å². The third-order valence-electron chi connectivity index (χ3n) is 9.42. The van der Waals surface area contributed by atoms with Gasteiger partial charge < -0.3 is 4.57 Å². The topological polar surface area (TPSA) is 82.3 Å². The van der Waals surface area contributed by atoms with E-state index < -0.39 is 0 Å². The van der Waals surface area contributed by atoms with Crippen molar-refractivity contribution >= 4 is 43.5 Å². The van der Waals surface area contributed by atoms with E-state index in [1.165, 1.54) is 21.7 Å². The highest BCUT2D eigenvalue weighted by atomic mass is 15.0. The fourth-order valence-electron chi connectivity index (χ4n) is 7.15. The first kappa shape index (κ1) is 28.9. The normalized spacial score (nSPS) is 11.5. The molecule has 0 bridgehead atoms. The Morgan fingerprint density at radius 2 is 0.980 bits per heavy atom. The third-order valence-corrected chi connectivity index (χ3v) is 9.42. The van der Waals surface area contributed by atoms with Crippen LogP contribution in [-0.4, -0.2) is 34.5 Å². The number of benzene rings is 5. The van der Waals surface area contributed by atoms with Gasteiger partial charge in [-0.05, 0) is 60.7 Å². The van der Waals surface area contributed by atoms with Crippen molar-refractivity contribution < 1.29 is 0 Å². The summed E-state index contributed by atoms with van der Waals surface area (Å²) >= 11 is 0. The Kier molecular flexibility index (Phi) is 6.67. The average Bonchev–Trinajstić information content (AvgIpc) is 3.56. The molecule has 7 nitrogen and oxygen atoms in total. The van der Waals surface area contributed by atoms with Gasteiger partial charge in [-0.15, -0.1) is 0 Å². The van der Waals surface area contributed by atoms with Crippen molar-refractivity contribution in [3.63, 3.8) is 0 Å². The van der Waals surface area contributed by atoms with Crippen LogP contribution >= 0.6 is 0 Å². The number of aromatic nitrogens is 7. The lowest BCUT2D eigenvalue weighted by Crippen LogP contribution is -2.00. The quantitative estimate of drug-likeness (QED) is 0.172. The zero-order chi connectivity index (χ0) is 33.7. The Morgan fingerprint density at radius 3 is 1.71 bits per heavy atom. The van der Waals surface area contributed by atoms with Gasteiger partial charge in [0, 0.05) is 79.7 Å². The van der Waals surface area contributed by atoms with Gasteiger partial charge in [-0.3, -0.25) is 9.97 Å². The van der Waals surface area contributed by atoms with E-state index in [0.29, 0.717) is 17.5 Å². The molecule has 238 valence electrons. The molecule has 0 radical (unpaired) electrons. The molecule has 0 fully saturated rings. The van der Waals surface area contributed by atoms with E-state index in [4.69, 9.17) is 19.9 Å². The van der Waals surface area contributed by atoms with Crippen LogP contribution in [0.1, 0.15) is 0 Å². The van der Waals surface area contributed by atoms with Crippen LogP contribution in [0.3, 0.4) is 0 Å². The number of pyridine rings is 3. The molecule has 0 aliphatic heterocycles. The highest BCUT2D eigenvalue weighted by molar-refractivity contribution is 6.29. The Morgan fingerprint density at radius 1 is 0.373 bits per heavy atom. The molecule has 0 aliphatic rings. The average molecular weight is 654 g/mol. The molecule has 0 spiro atoms. The predicted octanol–water partition coefficient (Wildman–Crippen LogP) is 10.1. The van der Waals surface area contributed by atoms with Gasteiger partial charge in [-0.25, -0.2) is 19.9 Å². The molecule has 10 rings (SSSR count). The van der Waals surface area contributed by atoms with Gasteiger partial charge in [0.05, 0.1) is 22.2 Å². The van der Waals surface area contributed by atoms with E-state index >= 15 is 0 Å². The van der Waals surface area contributed by atoms with Crippen LogP contribution < -0.4 is 0 Å². The number of hydrogen-bond donors (Lipinski definition) is 0. The lowest BCUT2D eigenvalue weighted by molar-refractivity contribution is 1.07. The van der Waals surface area contributed by atoms with E-state index in [1.54, 1.807) is 24.8 Å². The van der Waals surface area contributed by atoms with Crippen LogP contribution in [0.5, 0.6) is 0 Å². The van der Waals surface area contributed by atoms with Gasteiger partial charge in [0.2, 0.25) is 0 Å². The molecule has 0 atom stereocenters. The van der Waals surface area contributed by atoms with Crippen LogP contribution in [0.25, 0.3) is 94.6 Å². The largest absolute Gasteiger partial charge is 0.309 e. The predicted molar refractivity (Wildman–Crippen MR) is 204 cm³/mol. The molecule has 51 heavy (non-hydrogen) atoms. The molecule has 10 aromatic rings. The molecule has 7 heteroatoms. The van der Waals surface area contributed by atoms with Crippen molar-refractivity contribution in [1.29, 1.82) is 0 Å². The first-order valence-corrected chi connectivity index (χ1v) is 16.8. The van der Waals surface area contributed by atoms with E-state index in [1.807, 2.05) is 30.3 Å². The summed E-state index contributed by atoms with van der Waals surface area (Å²) in [6.07, 6.45) is 6.99. The highest BCUT2D eigenvalue weighted by Gasteiger charge is 2.20. The molecule has 5 heterocycles. The molecule has 5 aromatic carbocycles. The minimum absolute atomic E-state index is 0.573. The van der Waals surface area contributed by atoms with Gasteiger partial charge in [-0.1, -0.05) is 78.9 Å². The SMILES string of the molecule is c1ccc(-n2c3ccccc3c3c4c(ccc32)c(-c2cccc(-c3nc(-c5ccncc5)nc(-c5ccncc5)n3)c2)nc2ccccc24)cc1. The highest BCUT2D eigenvalue weighted by Crippen LogP contribution is 2.42.